The number of nitrogens with one attached hydrogen (secondary N) is 1. The van der Waals surface area contributed by atoms with Crippen molar-refractivity contribution in [1.29, 1.82) is 0 Å². The van der Waals surface area contributed by atoms with Gasteiger partial charge in [-0.25, -0.2) is 5.43 Å². The summed E-state index contributed by atoms with van der Waals surface area (Å²) < 4.78 is 11.6. The molecule has 1 aliphatic rings. The highest BCUT2D eigenvalue weighted by atomic mass is 32.2. The third kappa shape index (κ3) is 5.96. The molecule has 4 rings (SSSR count). The number of rotatable bonds is 8. The van der Waals surface area contributed by atoms with Crippen LogP contribution < -0.4 is 10.2 Å². The molecule has 3 aromatic rings. The SMILES string of the molecule is Cc1ccc(-c2ccc(/C=N\NC(=O)COc3ccc(C4SCCS4)cc3)o2)cc1[N+](=O)[O-]. The number of hydrogen-bond donors (Lipinski definition) is 1. The molecule has 1 aliphatic heterocycles. The Kier molecular flexibility index (Phi) is 7.36. The van der Waals surface area contributed by atoms with Crippen molar-refractivity contribution in [3.63, 3.8) is 0 Å². The van der Waals surface area contributed by atoms with Crippen molar-refractivity contribution < 1.29 is 18.9 Å². The number of hydrazone groups is 1. The molecular formula is C23H21N3O5S2. The number of amides is 1. The van der Waals surface area contributed by atoms with E-state index in [4.69, 9.17) is 9.15 Å². The zero-order chi connectivity index (χ0) is 23.2. The Balaban J connectivity index is 1.27. The molecule has 8 nitrogen and oxygen atoms in total. The lowest BCUT2D eigenvalue weighted by Gasteiger charge is -2.09. The number of carbonyl (C=O) groups excluding carboxylic acids is 1. The maximum Gasteiger partial charge on any atom is 0.277 e. The fraction of sp³-hybridized carbons (Fsp3) is 0.217. The zero-order valence-electron chi connectivity index (χ0n) is 17.7. The molecule has 1 amide bonds. The second-order valence-corrected chi connectivity index (χ2v) is 9.91. The lowest BCUT2D eigenvalue weighted by Crippen LogP contribution is -2.24. The first kappa shape index (κ1) is 22.9. The maximum absolute atomic E-state index is 12.0. The van der Waals surface area contributed by atoms with Gasteiger partial charge in [-0.1, -0.05) is 24.3 Å². The fourth-order valence-electron chi connectivity index (χ4n) is 3.16. The van der Waals surface area contributed by atoms with Crippen molar-refractivity contribution in [3.8, 4) is 17.1 Å². The summed E-state index contributed by atoms with van der Waals surface area (Å²) in [6.07, 6.45) is 1.36. The normalized spacial score (nSPS) is 14.0. The highest BCUT2D eigenvalue weighted by Crippen LogP contribution is 2.45. The Morgan fingerprint density at radius 1 is 1.21 bits per heavy atom. The molecule has 10 heteroatoms. The lowest BCUT2D eigenvalue weighted by atomic mass is 10.1. The van der Waals surface area contributed by atoms with Crippen LogP contribution in [0.2, 0.25) is 0 Å². The van der Waals surface area contributed by atoms with E-state index in [1.807, 2.05) is 47.8 Å². The molecule has 1 N–H and O–H groups in total. The van der Waals surface area contributed by atoms with Crippen molar-refractivity contribution in [2.45, 2.75) is 11.5 Å². The van der Waals surface area contributed by atoms with E-state index < -0.39 is 10.8 Å². The van der Waals surface area contributed by atoms with Crippen LogP contribution in [-0.4, -0.2) is 35.2 Å². The first-order valence-corrected chi connectivity index (χ1v) is 12.2. The molecule has 0 radical (unpaired) electrons. The summed E-state index contributed by atoms with van der Waals surface area (Å²) in [6, 6.07) is 16.0. The van der Waals surface area contributed by atoms with Crippen LogP contribution in [0.15, 0.2) is 64.1 Å². The third-order valence-electron chi connectivity index (χ3n) is 4.84. The van der Waals surface area contributed by atoms with Crippen LogP contribution in [0, 0.1) is 17.0 Å². The first-order chi connectivity index (χ1) is 16.0. The Labute approximate surface area is 198 Å². The van der Waals surface area contributed by atoms with Gasteiger partial charge in [0.05, 0.1) is 15.7 Å². The Bertz CT molecular complexity index is 1170. The van der Waals surface area contributed by atoms with Gasteiger partial charge >= 0.3 is 0 Å². The second kappa shape index (κ2) is 10.6. The molecule has 1 saturated heterocycles. The van der Waals surface area contributed by atoms with Crippen LogP contribution in [0.3, 0.4) is 0 Å². The topological polar surface area (TPSA) is 107 Å². The summed E-state index contributed by atoms with van der Waals surface area (Å²) in [5.74, 6) is 3.41. The molecule has 170 valence electrons. The number of benzene rings is 2. The smallest absolute Gasteiger partial charge is 0.277 e. The predicted molar refractivity (Wildman–Crippen MR) is 131 cm³/mol. The van der Waals surface area contributed by atoms with Gasteiger partial charge in [0, 0.05) is 28.7 Å². The monoisotopic (exact) mass is 483 g/mol. The zero-order valence-corrected chi connectivity index (χ0v) is 19.4. The number of nitrogens with zero attached hydrogens (tertiary/aromatic N) is 2. The van der Waals surface area contributed by atoms with E-state index in [0.29, 0.717) is 33.0 Å². The average molecular weight is 484 g/mol. The number of nitro benzene ring substituents is 1. The van der Waals surface area contributed by atoms with Gasteiger partial charge in [0.15, 0.2) is 6.61 Å². The summed E-state index contributed by atoms with van der Waals surface area (Å²) in [5.41, 5.74) is 4.82. The Morgan fingerprint density at radius 3 is 2.70 bits per heavy atom. The van der Waals surface area contributed by atoms with Crippen molar-refractivity contribution in [1.82, 2.24) is 5.43 Å². The van der Waals surface area contributed by atoms with Crippen LogP contribution in [0.4, 0.5) is 5.69 Å². The molecule has 1 fully saturated rings. The van der Waals surface area contributed by atoms with Gasteiger partial charge in [-0.05, 0) is 36.8 Å². The van der Waals surface area contributed by atoms with Crippen LogP contribution in [0.1, 0.15) is 21.5 Å². The predicted octanol–water partition coefficient (Wildman–Crippen LogP) is 5.17. The fourth-order valence-corrected chi connectivity index (χ4v) is 6.02. The summed E-state index contributed by atoms with van der Waals surface area (Å²) in [5, 5.41) is 15.0. The van der Waals surface area contributed by atoms with Crippen molar-refractivity contribution in [2.75, 3.05) is 18.1 Å². The van der Waals surface area contributed by atoms with Crippen LogP contribution in [0.25, 0.3) is 11.3 Å². The van der Waals surface area contributed by atoms with Gasteiger partial charge in [-0.3, -0.25) is 14.9 Å². The van der Waals surface area contributed by atoms with Gasteiger partial charge in [0.1, 0.15) is 17.3 Å². The number of aryl methyl sites for hydroxylation is 1. The molecule has 1 aromatic heterocycles. The molecule has 0 spiro atoms. The molecular weight excluding hydrogens is 462 g/mol. The summed E-state index contributed by atoms with van der Waals surface area (Å²) >= 11 is 3.87. The molecule has 0 atom stereocenters. The molecule has 2 aromatic carbocycles. The first-order valence-electron chi connectivity index (χ1n) is 10.1. The van der Waals surface area contributed by atoms with Crippen LogP contribution in [0.5, 0.6) is 5.75 Å². The van der Waals surface area contributed by atoms with E-state index in [1.54, 1.807) is 31.2 Å². The van der Waals surface area contributed by atoms with E-state index >= 15 is 0 Å². The number of carbonyl (C=O) groups is 1. The highest BCUT2D eigenvalue weighted by molar-refractivity contribution is 8.19. The number of nitro groups is 1. The van der Waals surface area contributed by atoms with E-state index in [1.165, 1.54) is 29.4 Å². The summed E-state index contributed by atoms with van der Waals surface area (Å²) in [6.45, 7) is 1.51. The molecule has 2 heterocycles. The Hall–Kier alpha value is -3.24. The Morgan fingerprint density at radius 2 is 1.97 bits per heavy atom. The molecule has 0 aliphatic carbocycles. The standard InChI is InChI=1S/C23H21N3O5S2/c1-15-2-3-17(12-20(15)26(28)29)21-9-8-19(31-21)13-24-25-22(27)14-30-18-6-4-16(5-7-18)23-32-10-11-33-23/h2-9,12-13,23H,10-11,14H2,1H3,(H,25,27)/b24-13-. The van der Waals surface area contributed by atoms with Gasteiger partial charge in [-0.2, -0.15) is 5.10 Å². The van der Waals surface area contributed by atoms with Gasteiger partial charge in [-0.15, -0.1) is 23.5 Å². The minimum absolute atomic E-state index is 0.0253. The van der Waals surface area contributed by atoms with Gasteiger partial charge in [0.25, 0.3) is 11.6 Å². The van der Waals surface area contributed by atoms with Gasteiger partial charge < -0.3 is 9.15 Å². The van der Waals surface area contributed by atoms with E-state index in [-0.39, 0.29) is 12.3 Å². The highest BCUT2D eigenvalue weighted by Gasteiger charge is 2.18. The molecule has 0 bridgehead atoms. The van der Waals surface area contributed by atoms with Gasteiger partial charge in [0.2, 0.25) is 0 Å². The van der Waals surface area contributed by atoms with Crippen molar-refractivity contribution in [3.05, 3.63) is 81.6 Å². The maximum atomic E-state index is 12.0. The van der Waals surface area contributed by atoms with E-state index in [2.05, 4.69) is 10.5 Å². The number of hydrogen-bond acceptors (Lipinski definition) is 8. The van der Waals surface area contributed by atoms with Crippen molar-refractivity contribution >= 4 is 41.3 Å². The molecule has 0 unspecified atom stereocenters. The summed E-state index contributed by atoms with van der Waals surface area (Å²) in [7, 11) is 0. The van der Waals surface area contributed by atoms with Crippen LogP contribution in [-0.2, 0) is 4.79 Å². The van der Waals surface area contributed by atoms with Crippen LogP contribution >= 0.6 is 23.5 Å². The number of furan rings is 1. The second-order valence-electron chi connectivity index (χ2n) is 7.18. The molecule has 0 saturated carbocycles. The minimum atomic E-state index is -0.427. The summed E-state index contributed by atoms with van der Waals surface area (Å²) in [4.78, 5) is 22.7. The number of thioether (sulfide) groups is 2. The largest absolute Gasteiger partial charge is 0.484 e. The van der Waals surface area contributed by atoms with E-state index in [9.17, 15) is 14.9 Å². The quantitative estimate of drug-likeness (QED) is 0.267. The number of ether oxygens (including phenoxy) is 1. The van der Waals surface area contributed by atoms with E-state index in [0.717, 1.165) is 0 Å². The van der Waals surface area contributed by atoms with Crippen molar-refractivity contribution in [2.24, 2.45) is 5.10 Å². The molecule has 33 heavy (non-hydrogen) atoms. The minimum Gasteiger partial charge on any atom is -0.484 e. The lowest BCUT2D eigenvalue weighted by molar-refractivity contribution is -0.385. The third-order valence-corrected chi connectivity index (χ3v) is 7.95. The average Bonchev–Trinajstić information content (AvgIpc) is 3.51.